The Kier molecular flexibility index (Phi) is 3.57. The number of para-hydroxylation sites is 1. The lowest BCUT2D eigenvalue weighted by Crippen LogP contribution is -2.61. The highest BCUT2D eigenvalue weighted by Crippen LogP contribution is 2.54. The van der Waals surface area contributed by atoms with Crippen LogP contribution in [0.3, 0.4) is 0 Å². The van der Waals surface area contributed by atoms with Crippen molar-refractivity contribution in [2.24, 2.45) is 4.99 Å². The lowest BCUT2D eigenvalue weighted by atomic mass is 9.77. The van der Waals surface area contributed by atoms with E-state index in [0.717, 1.165) is 16.5 Å². The molecule has 2 aliphatic heterocycles. The first kappa shape index (κ1) is 17.7. The first-order valence-electron chi connectivity index (χ1n) is 9.62. The summed E-state index contributed by atoms with van der Waals surface area (Å²) in [5.74, 6) is 0.0287. The van der Waals surface area contributed by atoms with Gasteiger partial charge in [0, 0.05) is 18.1 Å². The summed E-state index contributed by atoms with van der Waals surface area (Å²) < 4.78 is 11.8. The number of ether oxygens (including phenoxy) is 2. The monoisotopic (exact) mass is 386 g/mol. The van der Waals surface area contributed by atoms with Crippen LogP contribution in [0.15, 0.2) is 59.6 Å². The van der Waals surface area contributed by atoms with Gasteiger partial charge in [-0.15, -0.1) is 0 Å². The highest BCUT2D eigenvalue weighted by atomic mass is 16.5. The van der Waals surface area contributed by atoms with Crippen molar-refractivity contribution < 1.29 is 14.3 Å². The third kappa shape index (κ3) is 2.15. The highest BCUT2D eigenvalue weighted by Gasteiger charge is 2.58. The van der Waals surface area contributed by atoms with Crippen molar-refractivity contribution >= 4 is 34.3 Å². The van der Waals surface area contributed by atoms with Crippen LogP contribution in [0.25, 0.3) is 10.8 Å². The van der Waals surface area contributed by atoms with E-state index in [4.69, 9.17) is 14.5 Å². The van der Waals surface area contributed by atoms with Gasteiger partial charge in [-0.25, -0.2) is 4.79 Å². The Morgan fingerprint density at radius 1 is 1.10 bits per heavy atom. The molecule has 2 heterocycles. The Hall–Kier alpha value is -3.34. The molecule has 0 N–H and O–H groups in total. The van der Waals surface area contributed by atoms with Crippen molar-refractivity contribution in [3.8, 4) is 5.75 Å². The molecule has 0 aromatic heterocycles. The lowest BCUT2D eigenvalue weighted by molar-refractivity contribution is 0.0563. The number of anilines is 1. The van der Waals surface area contributed by atoms with Gasteiger partial charge >= 0.3 is 5.97 Å². The van der Waals surface area contributed by atoms with E-state index in [2.05, 4.69) is 30.9 Å². The summed E-state index contributed by atoms with van der Waals surface area (Å²) in [6.45, 7) is 4.29. The van der Waals surface area contributed by atoms with Crippen LogP contribution in [0, 0.1) is 0 Å². The van der Waals surface area contributed by atoms with Gasteiger partial charge in [-0.3, -0.25) is 4.99 Å². The summed E-state index contributed by atoms with van der Waals surface area (Å²) in [4.78, 5) is 19.6. The number of nitrogens with zero attached hydrogens (tertiary/aromatic N) is 2. The summed E-state index contributed by atoms with van der Waals surface area (Å²) in [6, 6.07) is 17.9. The van der Waals surface area contributed by atoms with Crippen molar-refractivity contribution in [3.05, 3.63) is 65.7 Å². The van der Waals surface area contributed by atoms with Crippen LogP contribution in [0.5, 0.6) is 5.75 Å². The number of likely N-dealkylation sites (N-methyl/N-ethyl adjacent to an activating group) is 1. The van der Waals surface area contributed by atoms with E-state index in [-0.39, 0.29) is 0 Å². The zero-order valence-corrected chi connectivity index (χ0v) is 16.9. The van der Waals surface area contributed by atoms with E-state index in [1.807, 2.05) is 55.7 Å². The summed E-state index contributed by atoms with van der Waals surface area (Å²) in [5.41, 5.74) is 2.07. The van der Waals surface area contributed by atoms with E-state index in [9.17, 15) is 4.79 Å². The number of carbonyl (C=O) groups is 1. The third-order valence-electron chi connectivity index (χ3n) is 6.34. The molecule has 5 rings (SSSR count). The Bertz CT molecular complexity index is 1200. The van der Waals surface area contributed by atoms with Crippen LogP contribution in [0.4, 0.5) is 11.4 Å². The van der Waals surface area contributed by atoms with Gasteiger partial charge in [0.1, 0.15) is 11.3 Å². The Morgan fingerprint density at radius 2 is 1.83 bits per heavy atom. The second kappa shape index (κ2) is 5.83. The molecule has 0 bridgehead atoms. The SMILES string of the molecule is COC(=O)c1cc2ccccc2c2c1OC1(C=N2)N(C)c2ccccc2C1(C)C. The maximum atomic E-state index is 12.6. The Labute approximate surface area is 169 Å². The molecule has 29 heavy (non-hydrogen) atoms. The standard InChI is InChI=1S/C24H22N2O3/c1-23(2)18-11-7-8-12-19(18)26(3)24(23)14-25-20-16-10-6-5-9-15(16)13-17(21(20)29-24)22(27)28-4/h5-14H,1-4H3. The van der Waals surface area contributed by atoms with Gasteiger partial charge in [0.05, 0.1) is 18.7 Å². The number of aliphatic imine (C=N–C) groups is 1. The van der Waals surface area contributed by atoms with Crippen LogP contribution in [-0.4, -0.2) is 32.1 Å². The molecular weight excluding hydrogens is 364 g/mol. The number of methoxy groups -OCH3 is 1. The Balaban J connectivity index is 1.78. The van der Waals surface area contributed by atoms with Gasteiger partial charge in [0.2, 0.25) is 5.72 Å². The minimum Gasteiger partial charge on any atom is -0.465 e. The molecule has 1 spiro atoms. The fraction of sp³-hybridized carbons (Fsp3) is 0.250. The minimum atomic E-state index is -0.852. The van der Waals surface area contributed by atoms with E-state index in [1.54, 1.807) is 0 Å². The van der Waals surface area contributed by atoms with Crippen LogP contribution in [0.2, 0.25) is 0 Å². The molecule has 5 heteroatoms. The number of esters is 1. The molecule has 2 aliphatic rings. The highest BCUT2D eigenvalue weighted by molar-refractivity contribution is 6.07. The molecule has 1 unspecified atom stereocenters. The largest absolute Gasteiger partial charge is 0.465 e. The van der Waals surface area contributed by atoms with Crippen LogP contribution >= 0.6 is 0 Å². The molecule has 0 aliphatic carbocycles. The number of hydrogen-bond donors (Lipinski definition) is 0. The first-order chi connectivity index (χ1) is 13.9. The van der Waals surface area contributed by atoms with Crippen LogP contribution in [-0.2, 0) is 10.2 Å². The lowest BCUT2D eigenvalue weighted by Gasteiger charge is -2.45. The predicted octanol–water partition coefficient (Wildman–Crippen LogP) is 4.85. The molecule has 146 valence electrons. The average molecular weight is 386 g/mol. The van der Waals surface area contributed by atoms with Crippen molar-refractivity contribution in [1.29, 1.82) is 0 Å². The fourth-order valence-electron chi connectivity index (χ4n) is 4.67. The van der Waals surface area contributed by atoms with E-state index in [1.165, 1.54) is 12.7 Å². The molecule has 3 aromatic carbocycles. The number of hydrogen-bond acceptors (Lipinski definition) is 5. The first-order valence-corrected chi connectivity index (χ1v) is 9.62. The molecule has 3 aromatic rings. The maximum absolute atomic E-state index is 12.6. The molecular formula is C24H22N2O3. The van der Waals surface area contributed by atoms with Gasteiger partial charge in [-0.1, -0.05) is 42.5 Å². The van der Waals surface area contributed by atoms with Crippen LogP contribution < -0.4 is 9.64 Å². The quantitative estimate of drug-likeness (QED) is 0.561. The smallest absolute Gasteiger partial charge is 0.341 e. The molecule has 0 saturated carbocycles. The van der Waals surface area contributed by atoms with Crippen molar-refractivity contribution in [1.82, 2.24) is 0 Å². The zero-order valence-electron chi connectivity index (χ0n) is 16.9. The molecule has 0 radical (unpaired) electrons. The average Bonchev–Trinajstić information content (AvgIpc) is 2.91. The summed E-state index contributed by atoms with van der Waals surface area (Å²) in [5, 5.41) is 1.86. The van der Waals surface area contributed by atoms with Crippen LogP contribution in [0.1, 0.15) is 29.8 Å². The van der Waals surface area contributed by atoms with Gasteiger partial charge in [0.15, 0.2) is 5.75 Å². The Morgan fingerprint density at radius 3 is 2.59 bits per heavy atom. The third-order valence-corrected chi connectivity index (χ3v) is 6.34. The fourth-order valence-corrected chi connectivity index (χ4v) is 4.67. The predicted molar refractivity (Wildman–Crippen MR) is 115 cm³/mol. The van der Waals surface area contributed by atoms with Gasteiger partial charge in [-0.05, 0) is 36.9 Å². The van der Waals surface area contributed by atoms with Gasteiger partial charge in [0.25, 0.3) is 0 Å². The van der Waals surface area contributed by atoms with Crippen molar-refractivity contribution in [3.63, 3.8) is 0 Å². The summed E-state index contributed by atoms with van der Waals surface area (Å²) in [7, 11) is 3.39. The minimum absolute atomic E-state index is 0.387. The molecule has 5 nitrogen and oxygen atoms in total. The summed E-state index contributed by atoms with van der Waals surface area (Å²) >= 11 is 0. The second-order valence-corrected chi connectivity index (χ2v) is 8.07. The number of carbonyl (C=O) groups excluding carboxylic acids is 1. The zero-order chi connectivity index (χ0) is 20.4. The second-order valence-electron chi connectivity index (χ2n) is 8.07. The number of benzene rings is 3. The normalized spacial score (nSPS) is 21.0. The van der Waals surface area contributed by atoms with E-state index >= 15 is 0 Å². The van der Waals surface area contributed by atoms with Gasteiger partial charge in [-0.2, -0.15) is 0 Å². The maximum Gasteiger partial charge on any atom is 0.341 e. The number of fused-ring (bicyclic) bond motifs is 4. The summed E-state index contributed by atoms with van der Waals surface area (Å²) in [6.07, 6.45) is 1.88. The van der Waals surface area contributed by atoms with E-state index < -0.39 is 17.1 Å². The van der Waals surface area contributed by atoms with E-state index in [0.29, 0.717) is 17.0 Å². The molecule has 0 saturated heterocycles. The number of rotatable bonds is 1. The topological polar surface area (TPSA) is 51.1 Å². The molecule has 0 amide bonds. The molecule has 1 atom stereocenters. The van der Waals surface area contributed by atoms with Crippen molar-refractivity contribution in [2.75, 3.05) is 19.1 Å². The van der Waals surface area contributed by atoms with Crippen molar-refractivity contribution in [2.45, 2.75) is 25.0 Å². The van der Waals surface area contributed by atoms with Gasteiger partial charge < -0.3 is 14.4 Å². The molecule has 0 fully saturated rings.